The van der Waals surface area contributed by atoms with E-state index in [0.717, 1.165) is 11.3 Å². The first-order valence-corrected chi connectivity index (χ1v) is 12.4. The fourth-order valence-electron chi connectivity index (χ4n) is 3.26. The Kier molecular flexibility index (Phi) is 10.3. The number of rotatable bonds is 6. The molecule has 1 aliphatic rings. The van der Waals surface area contributed by atoms with Crippen molar-refractivity contribution in [2.24, 2.45) is 5.92 Å². The second-order valence-electron chi connectivity index (χ2n) is 8.86. The molecule has 0 aromatic carbocycles. The van der Waals surface area contributed by atoms with Crippen molar-refractivity contribution >= 4 is 27.7 Å². The summed E-state index contributed by atoms with van der Waals surface area (Å²) in [6.45, 7) is 8.52. The Hall–Kier alpha value is -2.41. The summed E-state index contributed by atoms with van der Waals surface area (Å²) in [5, 5.41) is 10.0. The molecule has 0 spiro atoms. The average molecular weight is 511 g/mol. The lowest BCUT2D eigenvalue weighted by Crippen LogP contribution is -2.36. The van der Waals surface area contributed by atoms with Crippen molar-refractivity contribution in [1.29, 1.82) is 0 Å². The number of nitrogens with one attached hydrogen (secondary N) is 1. The molecule has 194 valence electrons. The second kappa shape index (κ2) is 11.8. The molecule has 9 nitrogen and oxygen atoms in total. The summed E-state index contributed by atoms with van der Waals surface area (Å²) in [4.78, 5) is 28.1. The smallest absolute Gasteiger partial charge is 0.475 e. The van der Waals surface area contributed by atoms with E-state index in [1.54, 1.807) is 4.31 Å². The van der Waals surface area contributed by atoms with Gasteiger partial charge >= 0.3 is 12.1 Å². The Morgan fingerprint density at radius 3 is 2.15 bits per heavy atom. The van der Waals surface area contributed by atoms with Crippen LogP contribution in [0.25, 0.3) is 0 Å². The molecule has 2 rings (SSSR count). The van der Waals surface area contributed by atoms with Crippen LogP contribution in [0.2, 0.25) is 0 Å². The van der Waals surface area contributed by atoms with Crippen LogP contribution in [0, 0.1) is 5.92 Å². The molecule has 0 saturated carbocycles. The van der Waals surface area contributed by atoms with Gasteiger partial charge in [0.2, 0.25) is 10.0 Å². The van der Waals surface area contributed by atoms with Gasteiger partial charge in [0.05, 0.1) is 11.3 Å². The molecule has 1 aliphatic heterocycles. The number of alkyl halides is 3. The number of anilines is 1. The van der Waals surface area contributed by atoms with Crippen molar-refractivity contribution in [3.8, 4) is 0 Å². The van der Waals surface area contributed by atoms with Gasteiger partial charge in [0.15, 0.2) is 0 Å². The van der Waals surface area contributed by atoms with Crippen LogP contribution in [0.1, 0.15) is 49.3 Å². The Balaban J connectivity index is 0.000000718. The molecule has 0 bridgehead atoms. The molecule has 1 aromatic rings. The Labute approximate surface area is 198 Å². The first-order valence-electron chi connectivity index (χ1n) is 10.7. The van der Waals surface area contributed by atoms with Gasteiger partial charge in [-0.2, -0.15) is 13.2 Å². The minimum atomic E-state index is -5.08. The number of hydrogen-bond donors (Lipinski definition) is 2. The zero-order chi connectivity index (χ0) is 26.4. The molecule has 0 aliphatic carbocycles. The summed E-state index contributed by atoms with van der Waals surface area (Å²) < 4.78 is 58.5. The summed E-state index contributed by atoms with van der Waals surface area (Å²) in [5.74, 6) is -2.05. The molecule has 1 amide bonds. The first-order chi connectivity index (χ1) is 15.5. The highest BCUT2D eigenvalue weighted by Gasteiger charge is 2.38. The van der Waals surface area contributed by atoms with E-state index in [0.29, 0.717) is 37.3 Å². The third kappa shape index (κ3) is 8.75. The number of carbonyl (C=O) groups is 2. The number of aliphatic carboxylic acids is 1. The molecule has 0 saturated heterocycles. The minimum Gasteiger partial charge on any atom is -0.475 e. The topological polar surface area (TPSA) is 120 Å². The van der Waals surface area contributed by atoms with Gasteiger partial charge in [-0.25, -0.2) is 22.5 Å². The molecule has 0 atom stereocenters. The normalized spacial score (nSPS) is 14.7. The fraction of sp³-hybridized carbons (Fsp3) is 0.667. The summed E-state index contributed by atoms with van der Waals surface area (Å²) in [6, 6.07) is 1.91. The number of halogens is 3. The van der Waals surface area contributed by atoms with Crippen LogP contribution >= 0.6 is 0 Å². The van der Waals surface area contributed by atoms with Crippen LogP contribution in [0.4, 0.5) is 19.0 Å². The first kappa shape index (κ1) is 29.6. The van der Waals surface area contributed by atoms with Crippen LogP contribution < -0.4 is 10.2 Å². The minimum absolute atomic E-state index is 0.0305. The van der Waals surface area contributed by atoms with E-state index in [4.69, 9.17) is 14.9 Å². The van der Waals surface area contributed by atoms with Crippen molar-refractivity contribution in [1.82, 2.24) is 14.6 Å². The van der Waals surface area contributed by atoms with Crippen molar-refractivity contribution in [3.05, 3.63) is 22.9 Å². The number of hydrogen-bond acceptors (Lipinski definition) is 6. The van der Waals surface area contributed by atoms with E-state index >= 15 is 0 Å². The maximum absolute atomic E-state index is 12.6. The third-order valence-electron chi connectivity index (χ3n) is 4.67. The van der Waals surface area contributed by atoms with E-state index < -0.39 is 22.2 Å². The molecule has 13 heteroatoms. The lowest BCUT2D eigenvalue weighted by atomic mass is 10.0. The van der Waals surface area contributed by atoms with Gasteiger partial charge in [-0.3, -0.25) is 4.79 Å². The quantitative estimate of drug-likeness (QED) is 0.603. The molecule has 2 N–H and O–H groups in total. The van der Waals surface area contributed by atoms with E-state index in [1.165, 1.54) is 0 Å². The molecule has 1 aromatic heterocycles. The van der Waals surface area contributed by atoms with Crippen LogP contribution in [0.3, 0.4) is 0 Å². The van der Waals surface area contributed by atoms with E-state index in [9.17, 15) is 26.4 Å². The molecule has 34 heavy (non-hydrogen) atoms. The molecule has 0 fully saturated rings. The largest absolute Gasteiger partial charge is 0.490 e. The Morgan fingerprint density at radius 2 is 1.71 bits per heavy atom. The summed E-state index contributed by atoms with van der Waals surface area (Å²) in [6.07, 6.45) is -3.96. The number of carboxylic acid groups (broad SMARTS) is 1. The molecule has 2 heterocycles. The lowest BCUT2D eigenvalue weighted by Gasteiger charge is -2.20. The third-order valence-corrected chi connectivity index (χ3v) is 6.91. The predicted octanol–water partition coefficient (Wildman–Crippen LogP) is 2.31. The Morgan fingerprint density at radius 1 is 1.18 bits per heavy atom. The zero-order valence-electron chi connectivity index (χ0n) is 20.2. The lowest BCUT2D eigenvalue weighted by molar-refractivity contribution is -0.192. The van der Waals surface area contributed by atoms with E-state index in [1.807, 2.05) is 52.8 Å². The maximum Gasteiger partial charge on any atom is 0.490 e. The monoisotopic (exact) mass is 510 g/mol. The number of pyridine rings is 1. The Bertz CT molecular complexity index is 979. The number of aromatic nitrogens is 1. The zero-order valence-corrected chi connectivity index (χ0v) is 21.0. The SMILES string of the molecule is CC(C)CS(=O)(=O)N1CCc2cc(C(=O)NC(C)C)c(N(C)C)nc2CC1.O=C(O)C(F)(F)F. The van der Waals surface area contributed by atoms with Crippen LogP contribution in [0.5, 0.6) is 0 Å². The van der Waals surface area contributed by atoms with Crippen molar-refractivity contribution < 1.29 is 36.3 Å². The molecule has 0 unspecified atom stereocenters. The van der Waals surface area contributed by atoms with Crippen molar-refractivity contribution in [3.63, 3.8) is 0 Å². The number of fused-ring (bicyclic) bond motifs is 1. The van der Waals surface area contributed by atoms with Gasteiger partial charge in [0.1, 0.15) is 5.82 Å². The number of nitrogens with zero attached hydrogens (tertiary/aromatic N) is 3. The summed E-state index contributed by atoms with van der Waals surface area (Å²) in [5.41, 5.74) is 2.37. The standard InChI is InChI=1S/C19H32N4O3S.C2HF3O2/c1-13(2)12-27(25,26)23-9-7-15-11-16(19(24)20-14(3)4)18(22(5)6)21-17(15)8-10-23;3-2(4,5)1(6)7/h11,13-14H,7-10,12H2,1-6H3,(H,20,24);(H,6,7). The molecular formula is C21H33F3N4O5S. The number of carbonyl (C=O) groups excluding carboxylic acids is 1. The number of carboxylic acids is 1. The van der Waals surface area contributed by atoms with Gasteiger partial charge in [-0.1, -0.05) is 13.8 Å². The summed E-state index contributed by atoms with van der Waals surface area (Å²) >= 11 is 0. The number of amides is 1. The van der Waals surface area contributed by atoms with Crippen LogP contribution in [-0.2, 0) is 27.7 Å². The van der Waals surface area contributed by atoms with Crippen molar-refractivity contribution in [2.75, 3.05) is 37.8 Å². The average Bonchev–Trinajstić information content (AvgIpc) is 2.87. The maximum atomic E-state index is 12.6. The summed E-state index contributed by atoms with van der Waals surface area (Å²) in [7, 11) is 0.440. The van der Waals surface area contributed by atoms with Crippen molar-refractivity contribution in [2.45, 2.75) is 52.8 Å². The number of sulfonamides is 1. The van der Waals surface area contributed by atoms with Crippen LogP contribution in [0.15, 0.2) is 6.07 Å². The van der Waals surface area contributed by atoms with Crippen LogP contribution in [-0.4, -0.2) is 79.8 Å². The van der Waals surface area contributed by atoms with Gasteiger partial charge in [0, 0.05) is 45.3 Å². The highest BCUT2D eigenvalue weighted by molar-refractivity contribution is 7.89. The second-order valence-corrected chi connectivity index (χ2v) is 10.9. The van der Waals surface area contributed by atoms with E-state index in [2.05, 4.69) is 5.32 Å². The fourth-order valence-corrected chi connectivity index (χ4v) is 5.05. The van der Waals surface area contributed by atoms with Gasteiger partial charge in [0.25, 0.3) is 5.91 Å². The predicted molar refractivity (Wildman–Crippen MR) is 122 cm³/mol. The van der Waals surface area contributed by atoms with E-state index in [-0.39, 0.29) is 23.6 Å². The molecule has 0 radical (unpaired) electrons. The van der Waals surface area contributed by atoms with Gasteiger partial charge < -0.3 is 15.3 Å². The molecular weight excluding hydrogens is 477 g/mol. The van der Waals surface area contributed by atoms with Gasteiger partial charge in [-0.05, 0) is 37.8 Å². The highest BCUT2D eigenvalue weighted by atomic mass is 32.2. The highest BCUT2D eigenvalue weighted by Crippen LogP contribution is 2.24. The van der Waals surface area contributed by atoms with Gasteiger partial charge in [-0.15, -0.1) is 0 Å².